The third kappa shape index (κ3) is 4.60. The van der Waals surface area contributed by atoms with Gasteiger partial charge in [-0.15, -0.1) is 0 Å². The fourth-order valence-electron chi connectivity index (χ4n) is 4.17. The highest BCUT2D eigenvalue weighted by Gasteiger charge is 2.32. The maximum absolute atomic E-state index is 14.8. The molecule has 10 heteroatoms. The molecule has 182 valence electrons. The van der Waals surface area contributed by atoms with E-state index in [2.05, 4.69) is 26.3 Å². The molecule has 3 aromatic heterocycles. The van der Waals surface area contributed by atoms with E-state index in [9.17, 15) is 14.0 Å². The number of anilines is 2. The molecule has 0 amide bonds. The van der Waals surface area contributed by atoms with Gasteiger partial charge < -0.3 is 10.1 Å². The van der Waals surface area contributed by atoms with Crippen molar-refractivity contribution >= 4 is 11.5 Å². The van der Waals surface area contributed by atoms with Crippen LogP contribution >= 0.6 is 0 Å². The van der Waals surface area contributed by atoms with Crippen molar-refractivity contribution in [1.29, 1.82) is 5.26 Å². The maximum atomic E-state index is 14.8. The molecule has 0 radical (unpaired) electrons. The first-order valence-electron chi connectivity index (χ1n) is 11.6. The van der Waals surface area contributed by atoms with Crippen LogP contribution in [-0.4, -0.2) is 31.3 Å². The number of pyridine rings is 1. The van der Waals surface area contributed by atoms with E-state index in [1.54, 1.807) is 36.1 Å². The van der Waals surface area contributed by atoms with Gasteiger partial charge in [-0.05, 0) is 38.8 Å². The number of rotatable bonds is 8. The molecule has 8 nitrogen and oxygen atoms in total. The minimum atomic E-state index is -0.678. The van der Waals surface area contributed by atoms with Gasteiger partial charge in [-0.3, -0.25) is 9.67 Å². The van der Waals surface area contributed by atoms with Crippen LogP contribution in [0.25, 0.3) is 11.5 Å². The summed E-state index contributed by atoms with van der Waals surface area (Å²) in [4.78, 5) is 12.9. The summed E-state index contributed by atoms with van der Waals surface area (Å²) in [5, 5.41) is 17.1. The van der Waals surface area contributed by atoms with Gasteiger partial charge >= 0.3 is 0 Å². The second-order valence-electron chi connectivity index (χ2n) is 8.51. The summed E-state index contributed by atoms with van der Waals surface area (Å²) in [6.45, 7) is 3.94. The molecule has 5 rings (SSSR count). The van der Waals surface area contributed by atoms with Gasteiger partial charge in [0, 0.05) is 53.5 Å². The van der Waals surface area contributed by atoms with Crippen LogP contribution in [0.1, 0.15) is 48.1 Å². The van der Waals surface area contributed by atoms with Crippen LogP contribution in [0.3, 0.4) is 0 Å². The molecule has 0 unspecified atom stereocenters. The Morgan fingerprint density at radius 2 is 1.97 bits per heavy atom. The lowest BCUT2D eigenvalue weighted by molar-refractivity contribution is 0.335. The normalized spacial score (nSPS) is 12.9. The maximum Gasteiger partial charge on any atom is 0.182 e. The molecule has 0 saturated heterocycles. The number of benzene rings is 1. The van der Waals surface area contributed by atoms with Crippen molar-refractivity contribution in [3.05, 3.63) is 76.9 Å². The fourth-order valence-corrected chi connectivity index (χ4v) is 4.17. The summed E-state index contributed by atoms with van der Waals surface area (Å²) in [5.41, 5.74) is 3.23. The molecule has 3 heterocycles. The molecule has 1 fully saturated rings. The number of hydrogen-bond acceptors (Lipinski definition) is 7. The minimum Gasteiger partial charge on any atom is -0.494 e. The molecule has 36 heavy (non-hydrogen) atoms. The van der Waals surface area contributed by atoms with Crippen molar-refractivity contribution in [2.24, 2.45) is 0 Å². The molecule has 1 aromatic carbocycles. The van der Waals surface area contributed by atoms with Crippen molar-refractivity contribution < 1.29 is 13.5 Å². The van der Waals surface area contributed by atoms with Crippen molar-refractivity contribution in [3.63, 3.8) is 0 Å². The molecule has 1 N–H and O–H groups in total. The summed E-state index contributed by atoms with van der Waals surface area (Å²) >= 11 is 0. The van der Waals surface area contributed by atoms with E-state index in [4.69, 9.17) is 9.84 Å². The molecular weight excluding hydrogens is 464 g/mol. The molecule has 1 aliphatic rings. The first-order chi connectivity index (χ1) is 17.5. The molecule has 0 atom stereocenters. The Labute approximate surface area is 206 Å². The van der Waals surface area contributed by atoms with Crippen molar-refractivity contribution in [2.75, 3.05) is 11.9 Å². The lowest BCUT2D eigenvalue weighted by Gasteiger charge is -2.11. The number of nitriles is 1. The summed E-state index contributed by atoms with van der Waals surface area (Å²) < 4.78 is 36.5. The van der Waals surface area contributed by atoms with Crippen LogP contribution in [0.2, 0.25) is 0 Å². The molecule has 0 bridgehead atoms. The van der Waals surface area contributed by atoms with Crippen molar-refractivity contribution in [2.45, 2.75) is 39.2 Å². The topological polar surface area (TPSA) is 102 Å². The summed E-state index contributed by atoms with van der Waals surface area (Å²) in [6.07, 6.45) is 6.62. The standard InChI is InChI=1S/C26H23F2N7O/c1-3-36-18-10-20(27)19(21(28)11-18)14-35-25(16-4-5-16)15(2)24(34-35)26-31-9-7-23(33-26)32-22-6-8-30-13-17(22)12-29/h6-11,13,16H,3-5,14H2,1-2H3,(H,30,31,32,33). The highest BCUT2D eigenvalue weighted by Crippen LogP contribution is 2.43. The second-order valence-corrected chi connectivity index (χ2v) is 8.51. The zero-order chi connectivity index (χ0) is 25.2. The zero-order valence-electron chi connectivity index (χ0n) is 19.8. The predicted molar refractivity (Wildman–Crippen MR) is 129 cm³/mol. The Hall–Kier alpha value is -4.39. The number of ether oxygens (including phenoxy) is 1. The van der Waals surface area contributed by atoms with E-state index in [1.165, 1.54) is 18.3 Å². The summed E-state index contributed by atoms with van der Waals surface area (Å²) in [6, 6.07) is 7.86. The Morgan fingerprint density at radius 1 is 1.19 bits per heavy atom. The molecule has 4 aromatic rings. The van der Waals surface area contributed by atoms with E-state index < -0.39 is 11.6 Å². The molecule has 1 aliphatic carbocycles. The van der Waals surface area contributed by atoms with E-state index in [1.807, 2.05) is 6.92 Å². The lowest BCUT2D eigenvalue weighted by atomic mass is 10.1. The van der Waals surface area contributed by atoms with Gasteiger partial charge in [0.2, 0.25) is 0 Å². The predicted octanol–water partition coefficient (Wildman–Crippen LogP) is 5.26. The highest BCUT2D eigenvalue weighted by atomic mass is 19.1. The monoisotopic (exact) mass is 487 g/mol. The van der Waals surface area contributed by atoms with Gasteiger partial charge in [-0.25, -0.2) is 18.7 Å². The number of nitrogens with one attached hydrogen (secondary N) is 1. The quantitative estimate of drug-likeness (QED) is 0.362. The number of hydrogen-bond donors (Lipinski definition) is 1. The third-order valence-corrected chi connectivity index (χ3v) is 6.01. The van der Waals surface area contributed by atoms with Gasteiger partial charge in [0.15, 0.2) is 5.82 Å². The van der Waals surface area contributed by atoms with Crippen molar-refractivity contribution in [3.8, 4) is 23.3 Å². The van der Waals surface area contributed by atoms with E-state index >= 15 is 0 Å². The van der Waals surface area contributed by atoms with E-state index in [-0.39, 0.29) is 23.8 Å². The Kier molecular flexibility index (Phi) is 6.29. The van der Waals surface area contributed by atoms with Gasteiger partial charge in [0.25, 0.3) is 0 Å². The minimum absolute atomic E-state index is 0.0583. The van der Waals surface area contributed by atoms with Gasteiger partial charge in [0.1, 0.15) is 35.0 Å². The molecular formula is C26H23F2N7O. The van der Waals surface area contributed by atoms with E-state index in [0.29, 0.717) is 35.2 Å². The number of aromatic nitrogens is 5. The Balaban J connectivity index is 1.50. The van der Waals surface area contributed by atoms with Gasteiger partial charge in [-0.2, -0.15) is 10.4 Å². The van der Waals surface area contributed by atoms with Crippen molar-refractivity contribution in [1.82, 2.24) is 24.7 Å². The van der Waals surface area contributed by atoms with Gasteiger partial charge in [-0.1, -0.05) is 0 Å². The highest BCUT2D eigenvalue weighted by molar-refractivity contribution is 5.65. The molecule has 0 aliphatic heterocycles. The molecule has 1 saturated carbocycles. The largest absolute Gasteiger partial charge is 0.494 e. The average molecular weight is 488 g/mol. The number of nitrogens with zero attached hydrogens (tertiary/aromatic N) is 6. The second kappa shape index (κ2) is 9.70. The average Bonchev–Trinajstić information content (AvgIpc) is 3.65. The Bertz CT molecular complexity index is 1450. The fraction of sp³-hybridized carbons (Fsp3) is 0.269. The van der Waals surface area contributed by atoms with Gasteiger partial charge in [0.05, 0.1) is 24.4 Å². The SMILES string of the molecule is CCOc1cc(F)c(Cn2nc(-c3nccc(Nc4ccncc4C#N)n3)c(C)c2C2CC2)c(F)c1. The smallest absolute Gasteiger partial charge is 0.182 e. The first kappa shape index (κ1) is 23.4. The van der Waals surface area contributed by atoms with E-state index in [0.717, 1.165) is 24.1 Å². The summed E-state index contributed by atoms with van der Waals surface area (Å²) in [5.74, 6) is -0.0728. The van der Waals surface area contributed by atoms with Crippen LogP contribution in [0.5, 0.6) is 5.75 Å². The Morgan fingerprint density at radius 3 is 2.67 bits per heavy atom. The van der Waals surface area contributed by atoms with Crippen LogP contribution < -0.4 is 10.1 Å². The van der Waals surface area contributed by atoms with Crippen LogP contribution in [0, 0.1) is 29.9 Å². The third-order valence-electron chi connectivity index (χ3n) is 6.01. The zero-order valence-corrected chi connectivity index (χ0v) is 19.8. The molecule has 0 spiro atoms. The number of halogens is 2. The lowest BCUT2D eigenvalue weighted by Crippen LogP contribution is -2.10. The van der Waals surface area contributed by atoms with Crippen LogP contribution in [0.15, 0.2) is 42.9 Å². The summed E-state index contributed by atoms with van der Waals surface area (Å²) in [7, 11) is 0. The van der Waals surface area contributed by atoms with Crippen LogP contribution in [-0.2, 0) is 6.54 Å². The first-order valence-corrected chi connectivity index (χ1v) is 11.6. The van der Waals surface area contributed by atoms with Crippen LogP contribution in [0.4, 0.5) is 20.3 Å².